The molecule has 0 bridgehead atoms. The lowest BCUT2D eigenvalue weighted by Crippen LogP contribution is -2.49. The van der Waals surface area contributed by atoms with Crippen LogP contribution in [-0.2, 0) is 21.9 Å². The minimum atomic E-state index is -4.05. The Bertz CT molecular complexity index is 570. The molecule has 8 nitrogen and oxygen atoms in total. The fraction of sp³-hybridized carbons (Fsp3) is 0.667. The number of halogens is 1. The van der Waals surface area contributed by atoms with E-state index in [9.17, 15) is 13.2 Å². The molecule has 0 amide bonds. The van der Waals surface area contributed by atoms with Crippen molar-refractivity contribution in [2.45, 2.75) is 31.8 Å². The van der Waals surface area contributed by atoms with Gasteiger partial charge in [-0.2, -0.15) is 4.72 Å². The van der Waals surface area contributed by atoms with Gasteiger partial charge in [-0.25, -0.2) is 13.1 Å². The SMILES string of the molecule is Cn1nnc(Br)c1S(=O)(=O)NC(C(=O)O)C(C)(C)C. The highest BCUT2D eigenvalue weighted by atomic mass is 79.9. The molecule has 19 heavy (non-hydrogen) atoms. The van der Waals surface area contributed by atoms with Gasteiger partial charge in [0.25, 0.3) is 10.0 Å². The number of carbonyl (C=O) groups is 1. The number of carboxylic acids is 1. The third-order valence-corrected chi connectivity index (χ3v) is 4.69. The summed E-state index contributed by atoms with van der Waals surface area (Å²) < 4.78 is 27.6. The number of aliphatic carboxylic acids is 1. The minimum Gasteiger partial charge on any atom is -0.480 e. The molecule has 1 rings (SSSR count). The van der Waals surface area contributed by atoms with E-state index in [0.29, 0.717) is 0 Å². The van der Waals surface area contributed by atoms with Crippen molar-refractivity contribution in [2.75, 3.05) is 0 Å². The van der Waals surface area contributed by atoms with Gasteiger partial charge >= 0.3 is 5.97 Å². The summed E-state index contributed by atoms with van der Waals surface area (Å²) >= 11 is 2.97. The Morgan fingerprint density at radius 3 is 2.32 bits per heavy atom. The summed E-state index contributed by atoms with van der Waals surface area (Å²) in [5.41, 5.74) is -0.780. The van der Waals surface area contributed by atoms with Crippen molar-refractivity contribution in [3.05, 3.63) is 4.60 Å². The van der Waals surface area contributed by atoms with Gasteiger partial charge < -0.3 is 5.11 Å². The number of aromatic nitrogens is 3. The molecule has 2 N–H and O–H groups in total. The molecule has 108 valence electrons. The third-order valence-electron chi connectivity index (χ3n) is 2.38. The van der Waals surface area contributed by atoms with E-state index >= 15 is 0 Å². The largest absolute Gasteiger partial charge is 0.480 e. The zero-order chi connectivity index (χ0) is 15.0. The van der Waals surface area contributed by atoms with Crippen LogP contribution in [0.3, 0.4) is 0 Å². The molecule has 1 heterocycles. The Balaban J connectivity index is 3.20. The second-order valence-corrected chi connectivity index (χ2v) is 7.45. The normalized spacial score (nSPS) is 14.4. The lowest BCUT2D eigenvalue weighted by Gasteiger charge is -2.27. The number of nitrogens with one attached hydrogen (secondary N) is 1. The van der Waals surface area contributed by atoms with Gasteiger partial charge in [0.05, 0.1) is 0 Å². The molecule has 1 aromatic rings. The van der Waals surface area contributed by atoms with Crippen LogP contribution < -0.4 is 4.72 Å². The van der Waals surface area contributed by atoms with Crippen LogP contribution in [0.15, 0.2) is 9.63 Å². The molecule has 1 unspecified atom stereocenters. The van der Waals surface area contributed by atoms with Crippen molar-refractivity contribution in [1.29, 1.82) is 0 Å². The van der Waals surface area contributed by atoms with Crippen LogP contribution in [0.2, 0.25) is 0 Å². The molecule has 0 aromatic carbocycles. The first-order valence-electron chi connectivity index (χ1n) is 5.27. The van der Waals surface area contributed by atoms with Crippen LogP contribution >= 0.6 is 15.9 Å². The van der Waals surface area contributed by atoms with Gasteiger partial charge in [-0.1, -0.05) is 26.0 Å². The van der Waals surface area contributed by atoms with Gasteiger partial charge in [0.2, 0.25) is 5.03 Å². The van der Waals surface area contributed by atoms with Crippen LogP contribution in [0.5, 0.6) is 0 Å². The van der Waals surface area contributed by atoms with Gasteiger partial charge in [-0.05, 0) is 21.3 Å². The van der Waals surface area contributed by atoms with E-state index in [2.05, 4.69) is 31.0 Å². The minimum absolute atomic E-state index is 0.0283. The number of nitrogens with zero attached hydrogens (tertiary/aromatic N) is 3. The van der Waals surface area contributed by atoms with Crippen molar-refractivity contribution in [3.63, 3.8) is 0 Å². The molecular weight excluding hydrogens is 340 g/mol. The molecule has 0 aliphatic rings. The van der Waals surface area contributed by atoms with E-state index in [1.165, 1.54) is 7.05 Å². The third kappa shape index (κ3) is 3.51. The summed E-state index contributed by atoms with van der Waals surface area (Å²) in [5.74, 6) is -1.25. The molecule has 0 radical (unpaired) electrons. The predicted molar refractivity (Wildman–Crippen MR) is 69.9 cm³/mol. The van der Waals surface area contributed by atoms with Gasteiger partial charge in [-0.3, -0.25) is 4.79 Å². The Hall–Kier alpha value is -1.00. The van der Waals surface area contributed by atoms with Gasteiger partial charge in [-0.15, -0.1) is 5.10 Å². The van der Waals surface area contributed by atoms with Crippen molar-refractivity contribution in [1.82, 2.24) is 19.7 Å². The van der Waals surface area contributed by atoms with Crippen molar-refractivity contribution >= 4 is 31.9 Å². The average molecular weight is 355 g/mol. The Kier molecular flexibility index (Phi) is 4.37. The molecular formula is C9H15BrN4O4S. The smallest absolute Gasteiger partial charge is 0.322 e. The van der Waals surface area contributed by atoms with E-state index in [0.717, 1.165) is 4.68 Å². The van der Waals surface area contributed by atoms with E-state index in [1.807, 2.05) is 0 Å². The zero-order valence-corrected chi connectivity index (χ0v) is 13.3. The summed E-state index contributed by atoms with van der Waals surface area (Å²) in [6, 6.07) is -1.26. The second-order valence-electron chi connectivity index (χ2n) is 5.07. The second kappa shape index (κ2) is 5.17. The summed E-state index contributed by atoms with van der Waals surface area (Å²) in [6.45, 7) is 4.89. The van der Waals surface area contributed by atoms with E-state index < -0.39 is 27.4 Å². The molecule has 0 fully saturated rings. The van der Waals surface area contributed by atoms with E-state index in [1.54, 1.807) is 20.8 Å². The van der Waals surface area contributed by atoms with E-state index in [-0.39, 0.29) is 9.63 Å². The number of aryl methyl sites for hydroxylation is 1. The summed E-state index contributed by atoms with van der Waals surface area (Å²) in [6.07, 6.45) is 0. The zero-order valence-electron chi connectivity index (χ0n) is 10.9. The van der Waals surface area contributed by atoms with Crippen LogP contribution in [0.4, 0.5) is 0 Å². The highest BCUT2D eigenvalue weighted by molar-refractivity contribution is 9.10. The fourth-order valence-corrected chi connectivity index (χ4v) is 3.91. The van der Waals surface area contributed by atoms with Crippen LogP contribution in [0, 0.1) is 5.41 Å². The molecule has 10 heteroatoms. The maximum Gasteiger partial charge on any atom is 0.322 e. The standard InChI is InChI=1S/C9H15BrN4O4S/c1-9(2,3)5(8(15)16)12-19(17,18)7-6(10)11-13-14(7)4/h5,12H,1-4H3,(H,15,16). The number of rotatable bonds is 4. The van der Waals surface area contributed by atoms with Crippen LogP contribution in [0.25, 0.3) is 0 Å². The molecule has 1 atom stereocenters. The van der Waals surface area contributed by atoms with Gasteiger partial charge in [0.1, 0.15) is 6.04 Å². The maximum atomic E-state index is 12.2. The number of hydrogen-bond acceptors (Lipinski definition) is 5. The Morgan fingerprint density at radius 1 is 1.47 bits per heavy atom. The predicted octanol–water partition coefficient (Wildman–Crippen LogP) is 0.355. The van der Waals surface area contributed by atoms with E-state index in [4.69, 9.17) is 5.11 Å². The van der Waals surface area contributed by atoms with Crippen LogP contribution in [0.1, 0.15) is 20.8 Å². The average Bonchev–Trinajstić information content (AvgIpc) is 2.53. The maximum absolute atomic E-state index is 12.2. The Morgan fingerprint density at radius 2 is 2.00 bits per heavy atom. The lowest BCUT2D eigenvalue weighted by molar-refractivity contribution is -0.141. The summed E-state index contributed by atoms with van der Waals surface area (Å²) in [5, 5.41) is 16.0. The highest BCUT2D eigenvalue weighted by Crippen LogP contribution is 2.23. The van der Waals surface area contributed by atoms with Crippen molar-refractivity contribution in [2.24, 2.45) is 12.5 Å². The number of sulfonamides is 1. The monoisotopic (exact) mass is 354 g/mol. The van der Waals surface area contributed by atoms with Crippen molar-refractivity contribution < 1.29 is 18.3 Å². The molecule has 0 spiro atoms. The summed E-state index contributed by atoms with van der Waals surface area (Å²) in [7, 11) is -2.64. The van der Waals surface area contributed by atoms with Crippen molar-refractivity contribution in [3.8, 4) is 0 Å². The topological polar surface area (TPSA) is 114 Å². The molecule has 1 aromatic heterocycles. The van der Waals surface area contributed by atoms with Gasteiger partial charge in [0.15, 0.2) is 4.60 Å². The van der Waals surface area contributed by atoms with Gasteiger partial charge in [0, 0.05) is 7.05 Å². The lowest BCUT2D eigenvalue weighted by atomic mass is 9.88. The van der Waals surface area contributed by atoms with Crippen LogP contribution in [-0.4, -0.2) is 40.5 Å². The quantitative estimate of drug-likeness (QED) is 0.806. The Labute approximate surface area is 119 Å². The number of carboxylic acid groups (broad SMARTS) is 1. The summed E-state index contributed by atoms with van der Waals surface area (Å²) in [4.78, 5) is 11.2. The fourth-order valence-electron chi connectivity index (χ4n) is 1.42. The molecule has 0 saturated heterocycles. The first-order chi connectivity index (χ1) is 8.47. The number of hydrogen-bond donors (Lipinski definition) is 2. The first-order valence-corrected chi connectivity index (χ1v) is 7.54. The highest BCUT2D eigenvalue weighted by Gasteiger charge is 2.37. The first kappa shape index (κ1) is 16.1. The molecule has 0 aliphatic carbocycles. The molecule has 0 aliphatic heterocycles. The molecule has 0 saturated carbocycles.